The van der Waals surface area contributed by atoms with Gasteiger partial charge in [0.1, 0.15) is 0 Å². The van der Waals surface area contributed by atoms with Crippen LogP contribution in [0.2, 0.25) is 0 Å². The van der Waals surface area contributed by atoms with Crippen LogP contribution in [0, 0.1) is 0 Å². The third kappa shape index (κ3) is 3.35. The van der Waals surface area contributed by atoms with Crippen LogP contribution in [-0.2, 0) is 21.7 Å². The lowest BCUT2D eigenvalue weighted by Crippen LogP contribution is -2.41. The van der Waals surface area contributed by atoms with E-state index in [1.54, 1.807) is 18.1 Å². The van der Waals surface area contributed by atoms with E-state index in [1.807, 2.05) is 24.7 Å². The Morgan fingerprint density at radius 3 is 2.80 bits per heavy atom. The van der Waals surface area contributed by atoms with Crippen molar-refractivity contribution in [3.05, 3.63) is 12.4 Å². The predicted octanol–water partition coefficient (Wildman–Crippen LogP) is 0.546. The van der Waals surface area contributed by atoms with Gasteiger partial charge in [-0.3, -0.25) is 4.79 Å². The lowest BCUT2D eigenvalue weighted by molar-refractivity contribution is -0.130. The number of nitrogens with zero attached hydrogens (tertiary/aromatic N) is 3. The highest BCUT2D eigenvalue weighted by atomic mass is 32.2. The smallest absolute Gasteiger partial charge is 0.235 e. The molecule has 0 aromatic carbocycles. The molecule has 1 aliphatic heterocycles. The number of amides is 1. The van der Waals surface area contributed by atoms with E-state index in [0.717, 1.165) is 5.16 Å². The summed E-state index contributed by atoms with van der Waals surface area (Å²) in [7, 11) is 0.585. The maximum absolute atomic E-state index is 12.4. The van der Waals surface area contributed by atoms with Gasteiger partial charge in [-0.05, 0) is 13.3 Å². The number of aryl methyl sites for hydroxylation is 1. The van der Waals surface area contributed by atoms with Gasteiger partial charge in [0, 0.05) is 32.5 Å². The summed E-state index contributed by atoms with van der Waals surface area (Å²) in [5.74, 6) is 0.200. The van der Waals surface area contributed by atoms with Crippen molar-refractivity contribution in [3.8, 4) is 0 Å². The quantitative estimate of drug-likeness (QED) is 0.758. The van der Waals surface area contributed by atoms with E-state index >= 15 is 0 Å². The molecule has 2 atom stereocenters. The Morgan fingerprint density at radius 1 is 1.60 bits per heavy atom. The highest BCUT2D eigenvalue weighted by molar-refractivity contribution is 8.00. The number of sulfone groups is 1. The molecule has 2 rings (SSSR count). The molecule has 6 nitrogen and oxygen atoms in total. The van der Waals surface area contributed by atoms with Crippen LogP contribution in [0.25, 0.3) is 0 Å². The van der Waals surface area contributed by atoms with Gasteiger partial charge >= 0.3 is 0 Å². The van der Waals surface area contributed by atoms with Crippen molar-refractivity contribution in [2.24, 2.45) is 7.05 Å². The van der Waals surface area contributed by atoms with Gasteiger partial charge in [-0.15, -0.1) is 0 Å². The molecule has 0 bridgehead atoms. The first-order valence-corrected chi connectivity index (χ1v) is 9.11. The Kier molecular flexibility index (Phi) is 4.43. The second-order valence-electron chi connectivity index (χ2n) is 5.09. The molecule has 1 fully saturated rings. The summed E-state index contributed by atoms with van der Waals surface area (Å²) in [6.07, 6.45) is 4.05. The molecule has 1 aromatic rings. The van der Waals surface area contributed by atoms with Gasteiger partial charge in [0.2, 0.25) is 5.91 Å². The number of imidazole rings is 1. The number of hydrogen-bond acceptors (Lipinski definition) is 5. The van der Waals surface area contributed by atoms with Crippen LogP contribution in [0.5, 0.6) is 0 Å². The Labute approximate surface area is 123 Å². The van der Waals surface area contributed by atoms with Gasteiger partial charge in [-0.25, -0.2) is 13.4 Å². The van der Waals surface area contributed by atoms with Crippen LogP contribution in [0.3, 0.4) is 0 Å². The SMILES string of the molecule is CC(Sc1nccn1C)C(=O)N(C)C1CCS(=O)(=O)C1. The van der Waals surface area contributed by atoms with Gasteiger partial charge in [-0.2, -0.15) is 0 Å². The van der Waals surface area contributed by atoms with Crippen molar-refractivity contribution in [2.75, 3.05) is 18.6 Å². The molecular weight excluding hydrogens is 298 g/mol. The zero-order chi connectivity index (χ0) is 14.9. The normalized spacial score (nSPS) is 22.6. The van der Waals surface area contributed by atoms with Gasteiger partial charge in [0.15, 0.2) is 15.0 Å². The molecular formula is C12H19N3O3S2. The fourth-order valence-electron chi connectivity index (χ4n) is 2.22. The van der Waals surface area contributed by atoms with Crippen molar-refractivity contribution in [2.45, 2.75) is 29.8 Å². The van der Waals surface area contributed by atoms with Crippen LogP contribution in [0.4, 0.5) is 0 Å². The second-order valence-corrected chi connectivity index (χ2v) is 8.62. The zero-order valence-corrected chi connectivity index (χ0v) is 13.4. The van der Waals surface area contributed by atoms with E-state index in [-0.39, 0.29) is 28.7 Å². The lowest BCUT2D eigenvalue weighted by atomic mass is 10.2. The predicted molar refractivity (Wildman–Crippen MR) is 78.4 cm³/mol. The fraction of sp³-hybridized carbons (Fsp3) is 0.667. The average molecular weight is 317 g/mol. The minimum absolute atomic E-state index is 0.0555. The topological polar surface area (TPSA) is 72.3 Å². The van der Waals surface area contributed by atoms with Crippen molar-refractivity contribution in [3.63, 3.8) is 0 Å². The van der Waals surface area contributed by atoms with Crippen LogP contribution in [-0.4, -0.2) is 58.6 Å². The molecule has 1 aromatic heterocycles. The largest absolute Gasteiger partial charge is 0.341 e. The van der Waals surface area contributed by atoms with E-state index in [1.165, 1.54) is 11.8 Å². The maximum atomic E-state index is 12.4. The first kappa shape index (κ1) is 15.4. The van der Waals surface area contributed by atoms with Gasteiger partial charge in [0.05, 0.1) is 16.8 Å². The lowest BCUT2D eigenvalue weighted by Gasteiger charge is -2.26. The molecule has 2 heterocycles. The van der Waals surface area contributed by atoms with Crippen LogP contribution < -0.4 is 0 Å². The third-order valence-corrected chi connectivity index (χ3v) is 6.42. The standard InChI is InChI=1S/C12H19N3O3S2/c1-9(19-12-13-5-6-14(12)2)11(16)15(3)10-4-7-20(17,18)8-10/h5-6,9-10H,4,7-8H2,1-3H3. The molecule has 2 unspecified atom stereocenters. The van der Waals surface area contributed by atoms with E-state index in [9.17, 15) is 13.2 Å². The summed E-state index contributed by atoms with van der Waals surface area (Å²) in [5.41, 5.74) is 0. The number of carbonyl (C=O) groups is 1. The summed E-state index contributed by atoms with van der Waals surface area (Å²) in [6.45, 7) is 1.82. The van der Waals surface area contributed by atoms with Crippen molar-refractivity contribution < 1.29 is 13.2 Å². The Hall–Kier alpha value is -1.02. The molecule has 0 aliphatic carbocycles. The number of aromatic nitrogens is 2. The molecule has 8 heteroatoms. The minimum Gasteiger partial charge on any atom is -0.341 e. The number of hydrogen-bond donors (Lipinski definition) is 0. The van der Waals surface area contributed by atoms with E-state index in [0.29, 0.717) is 6.42 Å². The van der Waals surface area contributed by atoms with E-state index in [4.69, 9.17) is 0 Å². The number of rotatable bonds is 4. The van der Waals surface area contributed by atoms with Gasteiger partial charge in [-0.1, -0.05) is 11.8 Å². The Balaban J connectivity index is 1.98. The number of thioether (sulfide) groups is 1. The summed E-state index contributed by atoms with van der Waals surface area (Å²) in [6, 6.07) is -0.197. The van der Waals surface area contributed by atoms with E-state index in [2.05, 4.69) is 4.98 Å². The Morgan fingerprint density at radius 2 is 2.30 bits per heavy atom. The summed E-state index contributed by atoms with van der Waals surface area (Å²) < 4.78 is 24.8. The van der Waals surface area contributed by atoms with Crippen LogP contribution in [0.15, 0.2) is 17.6 Å². The maximum Gasteiger partial charge on any atom is 0.235 e. The molecule has 20 heavy (non-hydrogen) atoms. The molecule has 0 N–H and O–H groups in total. The highest BCUT2D eigenvalue weighted by Gasteiger charge is 2.34. The van der Waals surface area contributed by atoms with Crippen LogP contribution in [0.1, 0.15) is 13.3 Å². The number of carbonyl (C=O) groups excluding carboxylic acids is 1. The molecule has 112 valence electrons. The zero-order valence-electron chi connectivity index (χ0n) is 11.8. The highest BCUT2D eigenvalue weighted by Crippen LogP contribution is 2.24. The molecule has 0 saturated carbocycles. The fourth-order valence-corrected chi connectivity index (χ4v) is 4.93. The second kappa shape index (κ2) is 5.77. The third-order valence-electron chi connectivity index (χ3n) is 3.51. The molecule has 0 spiro atoms. The summed E-state index contributed by atoms with van der Waals surface area (Å²) >= 11 is 1.38. The summed E-state index contributed by atoms with van der Waals surface area (Å²) in [5, 5.41) is 0.489. The van der Waals surface area contributed by atoms with Crippen LogP contribution >= 0.6 is 11.8 Å². The first-order chi connectivity index (χ1) is 9.30. The van der Waals surface area contributed by atoms with Crippen molar-refractivity contribution >= 4 is 27.5 Å². The molecule has 1 aliphatic rings. The molecule has 1 amide bonds. The van der Waals surface area contributed by atoms with Gasteiger partial charge < -0.3 is 9.47 Å². The summed E-state index contributed by atoms with van der Waals surface area (Å²) in [4.78, 5) is 18.1. The molecule has 1 saturated heterocycles. The Bertz CT molecular complexity index is 597. The van der Waals surface area contributed by atoms with E-state index < -0.39 is 9.84 Å². The van der Waals surface area contributed by atoms with Crippen molar-refractivity contribution in [1.29, 1.82) is 0 Å². The monoisotopic (exact) mass is 317 g/mol. The minimum atomic E-state index is -2.97. The first-order valence-electron chi connectivity index (χ1n) is 6.41. The average Bonchev–Trinajstić information content (AvgIpc) is 2.94. The molecule has 0 radical (unpaired) electrons. The van der Waals surface area contributed by atoms with Crippen molar-refractivity contribution in [1.82, 2.24) is 14.5 Å². The van der Waals surface area contributed by atoms with Gasteiger partial charge in [0.25, 0.3) is 0 Å².